The zero-order valence-corrected chi connectivity index (χ0v) is 22.1. The summed E-state index contributed by atoms with van der Waals surface area (Å²) in [6, 6.07) is 8.25. The Labute approximate surface area is 227 Å². The van der Waals surface area contributed by atoms with Crippen LogP contribution in [0, 0.1) is 0 Å². The molecule has 1 saturated heterocycles. The monoisotopic (exact) mass is 555 g/mol. The zero-order chi connectivity index (χ0) is 28.6. The Morgan fingerprint density at radius 2 is 1.80 bits per heavy atom. The highest BCUT2D eigenvalue weighted by molar-refractivity contribution is 5.96. The third-order valence-electron chi connectivity index (χ3n) is 6.99. The number of amides is 1. The minimum atomic E-state index is -4.97. The highest BCUT2D eigenvalue weighted by Gasteiger charge is 2.33. The van der Waals surface area contributed by atoms with Crippen molar-refractivity contribution in [2.45, 2.75) is 19.3 Å². The molecule has 40 heavy (non-hydrogen) atoms. The summed E-state index contributed by atoms with van der Waals surface area (Å²) in [5.74, 6) is -1.07. The van der Waals surface area contributed by atoms with E-state index in [1.54, 1.807) is 43.0 Å². The van der Waals surface area contributed by atoms with Crippen molar-refractivity contribution in [1.29, 1.82) is 0 Å². The molecule has 5 rings (SSSR count). The quantitative estimate of drug-likeness (QED) is 0.390. The van der Waals surface area contributed by atoms with Gasteiger partial charge in [0.05, 0.1) is 34.5 Å². The molecule has 1 atom stereocenters. The number of piperazine rings is 1. The van der Waals surface area contributed by atoms with Gasteiger partial charge in [0.15, 0.2) is 5.75 Å². The molecule has 10 nitrogen and oxygen atoms in total. The standard InChI is InChI=1S/C27H28F3N7O3/c1-17(36-10-8-34(2)9-11-36)25(38)33-23-13-20(5-7-24(23)40-27(28,29)30)37-16-31-22-12-18(4-6-21(22)26(37)39)19-14-32-35(3)15-19/h4-7,12-17H,8-11H2,1-3H3,(H,33,38). The summed E-state index contributed by atoms with van der Waals surface area (Å²) in [6.45, 7) is 4.55. The van der Waals surface area contributed by atoms with E-state index in [-0.39, 0.29) is 11.4 Å². The van der Waals surface area contributed by atoms with Gasteiger partial charge in [-0.3, -0.25) is 23.7 Å². The minimum Gasteiger partial charge on any atom is -0.404 e. The van der Waals surface area contributed by atoms with E-state index in [0.717, 1.165) is 30.3 Å². The molecule has 1 aliphatic rings. The molecule has 1 N–H and O–H groups in total. The predicted molar refractivity (Wildman–Crippen MR) is 143 cm³/mol. The van der Waals surface area contributed by atoms with E-state index in [1.807, 2.05) is 18.1 Å². The Kier molecular flexibility index (Phi) is 7.34. The zero-order valence-electron chi connectivity index (χ0n) is 22.1. The molecule has 2 aromatic carbocycles. The lowest BCUT2D eigenvalue weighted by Crippen LogP contribution is -2.51. The molecule has 0 bridgehead atoms. The van der Waals surface area contributed by atoms with Gasteiger partial charge in [0.2, 0.25) is 5.91 Å². The van der Waals surface area contributed by atoms with Crippen molar-refractivity contribution in [2.75, 3.05) is 38.5 Å². The molecule has 3 heterocycles. The van der Waals surface area contributed by atoms with Crippen LogP contribution in [0.5, 0.6) is 5.75 Å². The molecule has 210 valence electrons. The topological polar surface area (TPSA) is 97.5 Å². The van der Waals surface area contributed by atoms with Gasteiger partial charge in [0.25, 0.3) is 5.56 Å². The van der Waals surface area contributed by atoms with E-state index in [4.69, 9.17) is 0 Å². The molecule has 1 aliphatic heterocycles. The first-order valence-corrected chi connectivity index (χ1v) is 12.6. The Bertz CT molecular complexity index is 1610. The van der Waals surface area contributed by atoms with Crippen molar-refractivity contribution in [3.05, 3.63) is 65.5 Å². The van der Waals surface area contributed by atoms with Gasteiger partial charge < -0.3 is 15.0 Å². The molecule has 0 aliphatic carbocycles. The van der Waals surface area contributed by atoms with Gasteiger partial charge in [-0.15, -0.1) is 13.2 Å². The number of nitrogens with one attached hydrogen (secondary N) is 1. The Morgan fingerprint density at radius 1 is 1.05 bits per heavy atom. The summed E-state index contributed by atoms with van der Waals surface area (Å²) in [5.41, 5.74) is 1.73. The van der Waals surface area contributed by atoms with Crippen LogP contribution in [-0.4, -0.2) is 80.7 Å². The first kappa shape index (κ1) is 27.3. The first-order chi connectivity index (χ1) is 19.0. The van der Waals surface area contributed by atoms with Gasteiger partial charge in [-0.25, -0.2) is 4.98 Å². The second-order valence-corrected chi connectivity index (χ2v) is 9.79. The van der Waals surface area contributed by atoms with Crippen LogP contribution in [-0.2, 0) is 11.8 Å². The van der Waals surface area contributed by atoms with Gasteiger partial charge in [-0.2, -0.15) is 5.10 Å². The third-order valence-corrected chi connectivity index (χ3v) is 6.99. The number of carbonyl (C=O) groups excluding carboxylic acids is 1. The summed E-state index contributed by atoms with van der Waals surface area (Å²) in [7, 11) is 3.79. The lowest BCUT2D eigenvalue weighted by atomic mass is 10.1. The number of hydrogen-bond donors (Lipinski definition) is 1. The number of benzene rings is 2. The van der Waals surface area contributed by atoms with Crippen LogP contribution in [0.25, 0.3) is 27.7 Å². The van der Waals surface area contributed by atoms with Gasteiger partial charge >= 0.3 is 6.36 Å². The largest absolute Gasteiger partial charge is 0.573 e. The van der Waals surface area contributed by atoms with Crippen LogP contribution in [0.4, 0.5) is 18.9 Å². The number of rotatable bonds is 6. The summed E-state index contributed by atoms with van der Waals surface area (Å²) in [5, 5.41) is 7.05. The van der Waals surface area contributed by atoms with Gasteiger partial charge in [-0.05, 0) is 49.9 Å². The number of halogens is 3. The Morgan fingerprint density at radius 3 is 2.48 bits per heavy atom. The van der Waals surface area contributed by atoms with Crippen molar-refractivity contribution < 1.29 is 22.7 Å². The molecule has 1 unspecified atom stereocenters. The van der Waals surface area contributed by atoms with E-state index < -0.39 is 29.6 Å². The summed E-state index contributed by atoms with van der Waals surface area (Å²) in [4.78, 5) is 34.9. The lowest BCUT2D eigenvalue weighted by molar-refractivity contribution is -0.274. The number of anilines is 1. The number of nitrogens with zero attached hydrogens (tertiary/aromatic N) is 6. The number of fused-ring (bicyclic) bond motifs is 1. The third kappa shape index (κ3) is 5.84. The molecule has 2 aromatic heterocycles. The molecule has 1 amide bonds. The van der Waals surface area contributed by atoms with E-state index >= 15 is 0 Å². The fraction of sp³-hybridized carbons (Fsp3) is 0.333. The Balaban J connectivity index is 1.47. The van der Waals surface area contributed by atoms with Crippen LogP contribution >= 0.6 is 0 Å². The van der Waals surface area contributed by atoms with Gasteiger partial charge in [0.1, 0.15) is 6.33 Å². The summed E-state index contributed by atoms with van der Waals surface area (Å²) < 4.78 is 46.5. The maximum absolute atomic E-state index is 13.4. The van der Waals surface area contributed by atoms with Gasteiger partial charge in [-0.1, -0.05) is 6.07 Å². The van der Waals surface area contributed by atoms with Crippen LogP contribution in [0.3, 0.4) is 0 Å². The normalized spacial score (nSPS) is 15.8. The van der Waals surface area contributed by atoms with Gasteiger partial charge in [0, 0.05) is 45.0 Å². The van der Waals surface area contributed by atoms with E-state index in [2.05, 4.69) is 25.0 Å². The first-order valence-electron chi connectivity index (χ1n) is 12.6. The summed E-state index contributed by atoms with van der Waals surface area (Å²) >= 11 is 0. The number of aryl methyl sites for hydroxylation is 1. The molecular weight excluding hydrogens is 527 g/mol. The average Bonchev–Trinajstić information content (AvgIpc) is 3.35. The Hall–Kier alpha value is -4.23. The van der Waals surface area contributed by atoms with Crippen LogP contribution in [0.1, 0.15) is 6.92 Å². The van der Waals surface area contributed by atoms with Crippen molar-refractivity contribution >= 4 is 22.5 Å². The molecule has 1 fully saturated rings. The number of alkyl halides is 3. The van der Waals surface area contributed by atoms with Crippen molar-refractivity contribution in [1.82, 2.24) is 29.1 Å². The average molecular weight is 556 g/mol. The van der Waals surface area contributed by atoms with E-state index in [0.29, 0.717) is 24.0 Å². The fourth-order valence-corrected chi connectivity index (χ4v) is 4.65. The minimum absolute atomic E-state index is 0.209. The second kappa shape index (κ2) is 10.7. The predicted octanol–water partition coefficient (Wildman–Crippen LogP) is 3.26. The molecular formula is C27H28F3N7O3. The number of aromatic nitrogens is 4. The van der Waals surface area contributed by atoms with Crippen LogP contribution in [0.2, 0.25) is 0 Å². The molecule has 0 saturated carbocycles. The number of ether oxygens (including phenoxy) is 1. The number of hydrogen-bond acceptors (Lipinski definition) is 7. The fourth-order valence-electron chi connectivity index (χ4n) is 4.65. The second-order valence-electron chi connectivity index (χ2n) is 9.79. The highest BCUT2D eigenvalue weighted by Crippen LogP contribution is 2.32. The van der Waals surface area contributed by atoms with Crippen molar-refractivity contribution in [3.63, 3.8) is 0 Å². The molecule has 4 aromatic rings. The van der Waals surface area contributed by atoms with E-state index in [1.165, 1.54) is 23.0 Å². The molecule has 13 heteroatoms. The highest BCUT2D eigenvalue weighted by atomic mass is 19.4. The maximum atomic E-state index is 13.4. The summed E-state index contributed by atoms with van der Waals surface area (Å²) in [6.07, 6.45) is -0.131. The SMILES string of the molecule is CC(C(=O)Nc1cc(-n2cnc3cc(-c4cnn(C)c4)ccc3c2=O)ccc1OC(F)(F)F)N1CCN(C)CC1. The van der Waals surface area contributed by atoms with Crippen LogP contribution in [0.15, 0.2) is 59.9 Å². The van der Waals surface area contributed by atoms with Crippen LogP contribution < -0.4 is 15.6 Å². The lowest BCUT2D eigenvalue weighted by Gasteiger charge is -2.35. The molecule has 0 spiro atoms. The van der Waals surface area contributed by atoms with Crippen molar-refractivity contribution in [3.8, 4) is 22.6 Å². The molecule has 0 radical (unpaired) electrons. The van der Waals surface area contributed by atoms with E-state index in [9.17, 15) is 22.8 Å². The van der Waals surface area contributed by atoms with Crippen molar-refractivity contribution in [2.24, 2.45) is 7.05 Å². The number of likely N-dealkylation sites (N-methyl/N-ethyl adjacent to an activating group) is 1. The smallest absolute Gasteiger partial charge is 0.404 e. The maximum Gasteiger partial charge on any atom is 0.573 e. The number of carbonyl (C=O) groups is 1.